The van der Waals surface area contributed by atoms with Crippen LogP contribution in [0.1, 0.15) is 25.5 Å². The first-order chi connectivity index (χ1) is 6.15. The standard InChI is InChI=1S/C9H13BrN2O/c1-3-7(13)4-5-9-8(10)6-11-12(9)2/h6H,3-5H2,1-2H3. The zero-order valence-corrected chi connectivity index (χ0v) is 9.47. The molecule has 3 nitrogen and oxygen atoms in total. The largest absolute Gasteiger partial charge is 0.300 e. The van der Waals surface area contributed by atoms with Crippen LogP contribution in [0.25, 0.3) is 0 Å². The Morgan fingerprint density at radius 3 is 2.85 bits per heavy atom. The fourth-order valence-electron chi connectivity index (χ4n) is 1.15. The predicted molar refractivity (Wildman–Crippen MR) is 54.5 cm³/mol. The van der Waals surface area contributed by atoms with E-state index in [2.05, 4.69) is 21.0 Å². The smallest absolute Gasteiger partial charge is 0.133 e. The van der Waals surface area contributed by atoms with Gasteiger partial charge < -0.3 is 0 Å². The van der Waals surface area contributed by atoms with Gasteiger partial charge in [0.2, 0.25) is 0 Å². The third kappa shape index (κ3) is 2.66. The number of Topliss-reactive ketones (excluding diaryl/α,β-unsaturated/α-hetero) is 1. The van der Waals surface area contributed by atoms with E-state index in [1.165, 1.54) is 0 Å². The molecule has 1 heterocycles. The molecule has 0 saturated carbocycles. The maximum Gasteiger partial charge on any atom is 0.133 e. The number of hydrogen-bond donors (Lipinski definition) is 0. The van der Waals surface area contributed by atoms with E-state index in [0.29, 0.717) is 18.6 Å². The molecule has 0 aliphatic carbocycles. The maximum atomic E-state index is 11.1. The minimum absolute atomic E-state index is 0.299. The summed E-state index contributed by atoms with van der Waals surface area (Å²) in [6, 6.07) is 0. The molecule has 0 atom stereocenters. The van der Waals surface area contributed by atoms with Gasteiger partial charge in [-0.05, 0) is 22.4 Å². The summed E-state index contributed by atoms with van der Waals surface area (Å²) in [4.78, 5) is 11.1. The zero-order chi connectivity index (χ0) is 9.84. The van der Waals surface area contributed by atoms with E-state index in [-0.39, 0.29) is 0 Å². The van der Waals surface area contributed by atoms with Crippen LogP contribution in [0.2, 0.25) is 0 Å². The second-order valence-corrected chi connectivity index (χ2v) is 3.81. The van der Waals surface area contributed by atoms with Crippen LogP contribution in [-0.4, -0.2) is 15.6 Å². The third-order valence-electron chi connectivity index (χ3n) is 2.05. The molecule has 0 spiro atoms. The Morgan fingerprint density at radius 2 is 2.38 bits per heavy atom. The van der Waals surface area contributed by atoms with E-state index >= 15 is 0 Å². The first-order valence-corrected chi connectivity index (χ1v) is 5.12. The summed E-state index contributed by atoms with van der Waals surface area (Å²) in [6.45, 7) is 1.89. The first-order valence-electron chi connectivity index (χ1n) is 4.33. The number of halogens is 1. The van der Waals surface area contributed by atoms with Crippen LogP contribution in [-0.2, 0) is 18.3 Å². The van der Waals surface area contributed by atoms with Gasteiger partial charge in [0.05, 0.1) is 16.4 Å². The molecule has 0 amide bonds. The van der Waals surface area contributed by atoms with E-state index in [1.807, 2.05) is 14.0 Å². The van der Waals surface area contributed by atoms with Gasteiger partial charge in [0.25, 0.3) is 0 Å². The molecule has 0 aliphatic heterocycles. The maximum absolute atomic E-state index is 11.1. The van der Waals surface area contributed by atoms with Crippen molar-refractivity contribution in [1.29, 1.82) is 0 Å². The Labute approximate surface area is 86.3 Å². The van der Waals surface area contributed by atoms with Gasteiger partial charge in [-0.2, -0.15) is 5.10 Å². The van der Waals surface area contributed by atoms with Gasteiger partial charge >= 0.3 is 0 Å². The predicted octanol–water partition coefficient (Wildman–Crippen LogP) is 2.09. The molecule has 0 radical (unpaired) electrons. The number of aryl methyl sites for hydroxylation is 1. The van der Waals surface area contributed by atoms with Crippen molar-refractivity contribution >= 4 is 21.7 Å². The SMILES string of the molecule is CCC(=O)CCc1c(Br)cnn1C. The van der Waals surface area contributed by atoms with Crippen molar-refractivity contribution in [3.63, 3.8) is 0 Å². The van der Waals surface area contributed by atoms with Crippen LogP contribution < -0.4 is 0 Å². The van der Waals surface area contributed by atoms with E-state index in [1.54, 1.807) is 10.9 Å². The zero-order valence-electron chi connectivity index (χ0n) is 7.88. The number of rotatable bonds is 4. The summed E-state index contributed by atoms with van der Waals surface area (Å²) >= 11 is 3.39. The summed E-state index contributed by atoms with van der Waals surface area (Å²) in [5, 5.41) is 4.08. The molecule has 0 N–H and O–H groups in total. The number of carbonyl (C=O) groups excluding carboxylic acids is 1. The lowest BCUT2D eigenvalue weighted by Gasteiger charge is -2.01. The third-order valence-corrected chi connectivity index (χ3v) is 2.71. The molecule has 0 fully saturated rings. The Morgan fingerprint density at radius 1 is 1.69 bits per heavy atom. The van der Waals surface area contributed by atoms with Crippen LogP contribution in [0, 0.1) is 0 Å². The summed E-state index contributed by atoms with van der Waals surface area (Å²) in [7, 11) is 1.89. The van der Waals surface area contributed by atoms with Gasteiger partial charge in [-0.3, -0.25) is 9.48 Å². The van der Waals surface area contributed by atoms with Crippen LogP contribution in [0.3, 0.4) is 0 Å². The van der Waals surface area contributed by atoms with E-state index in [4.69, 9.17) is 0 Å². The molecule has 13 heavy (non-hydrogen) atoms. The Bertz CT molecular complexity index is 287. The molecule has 1 rings (SSSR count). The van der Waals surface area contributed by atoms with Crippen LogP contribution in [0.15, 0.2) is 10.7 Å². The summed E-state index contributed by atoms with van der Waals surface area (Å²) in [6.07, 6.45) is 3.75. The molecule has 0 unspecified atom stereocenters. The van der Waals surface area contributed by atoms with Crippen LogP contribution in [0.4, 0.5) is 0 Å². The molecular weight excluding hydrogens is 232 g/mol. The highest BCUT2D eigenvalue weighted by molar-refractivity contribution is 9.10. The average molecular weight is 245 g/mol. The highest BCUT2D eigenvalue weighted by Gasteiger charge is 2.07. The van der Waals surface area contributed by atoms with E-state index < -0.39 is 0 Å². The number of hydrogen-bond acceptors (Lipinski definition) is 2. The topological polar surface area (TPSA) is 34.9 Å². The molecule has 0 bridgehead atoms. The highest BCUT2D eigenvalue weighted by atomic mass is 79.9. The molecule has 72 valence electrons. The Hall–Kier alpha value is -0.640. The number of ketones is 1. The lowest BCUT2D eigenvalue weighted by atomic mass is 10.1. The van der Waals surface area contributed by atoms with E-state index in [9.17, 15) is 4.79 Å². The van der Waals surface area contributed by atoms with Crippen molar-refractivity contribution in [2.24, 2.45) is 7.05 Å². The van der Waals surface area contributed by atoms with Gasteiger partial charge in [0.15, 0.2) is 0 Å². The lowest BCUT2D eigenvalue weighted by molar-refractivity contribution is -0.118. The van der Waals surface area contributed by atoms with Crippen LogP contribution in [0.5, 0.6) is 0 Å². The second kappa shape index (κ2) is 4.56. The van der Waals surface area contributed by atoms with E-state index in [0.717, 1.165) is 16.6 Å². The van der Waals surface area contributed by atoms with Crippen molar-refractivity contribution < 1.29 is 4.79 Å². The van der Waals surface area contributed by atoms with Crippen LogP contribution >= 0.6 is 15.9 Å². The highest BCUT2D eigenvalue weighted by Crippen LogP contribution is 2.16. The van der Waals surface area contributed by atoms with Gasteiger partial charge in [-0.25, -0.2) is 0 Å². The van der Waals surface area contributed by atoms with Gasteiger partial charge in [-0.1, -0.05) is 6.92 Å². The molecule has 1 aromatic rings. The summed E-state index contributed by atoms with van der Waals surface area (Å²) < 4.78 is 2.78. The molecule has 1 aromatic heterocycles. The van der Waals surface area contributed by atoms with Crippen molar-refractivity contribution in [2.45, 2.75) is 26.2 Å². The summed E-state index contributed by atoms with van der Waals surface area (Å²) in [5.74, 6) is 0.299. The minimum atomic E-state index is 0.299. The monoisotopic (exact) mass is 244 g/mol. The molecule has 4 heteroatoms. The van der Waals surface area contributed by atoms with Crippen molar-refractivity contribution in [3.8, 4) is 0 Å². The lowest BCUT2D eigenvalue weighted by Crippen LogP contribution is -2.03. The first kappa shape index (κ1) is 10.4. The van der Waals surface area contributed by atoms with Crippen molar-refractivity contribution in [2.75, 3.05) is 0 Å². The number of nitrogens with zero attached hydrogens (tertiary/aromatic N) is 2. The Balaban J connectivity index is 2.58. The van der Waals surface area contributed by atoms with Gasteiger partial charge in [-0.15, -0.1) is 0 Å². The second-order valence-electron chi connectivity index (χ2n) is 2.96. The fraction of sp³-hybridized carbons (Fsp3) is 0.556. The average Bonchev–Trinajstić information content (AvgIpc) is 2.43. The number of aromatic nitrogens is 2. The normalized spacial score (nSPS) is 10.4. The van der Waals surface area contributed by atoms with Crippen molar-refractivity contribution in [3.05, 3.63) is 16.4 Å². The molecular formula is C9H13BrN2O. The Kier molecular flexibility index (Phi) is 3.66. The molecule has 0 aliphatic rings. The molecule has 0 saturated heterocycles. The van der Waals surface area contributed by atoms with Crippen molar-refractivity contribution in [1.82, 2.24) is 9.78 Å². The fourth-order valence-corrected chi connectivity index (χ4v) is 1.70. The molecule has 0 aromatic carbocycles. The number of carbonyl (C=O) groups is 1. The van der Waals surface area contributed by atoms with Gasteiger partial charge in [0.1, 0.15) is 5.78 Å². The van der Waals surface area contributed by atoms with Gasteiger partial charge in [0, 0.05) is 19.9 Å². The summed E-state index contributed by atoms with van der Waals surface area (Å²) in [5.41, 5.74) is 1.09. The quantitative estimate of drug-likeness (QED) is 0.814. The minimum Gasteiger partial charge on any atom is -0.300 e.